The van der Waals surface area contributed by atoms with E-state index in [-0.39, 0.29) is 6.03 Å². The molecule has 0 spiro atoms. The first-order chi connectivity index (χ1) is 7.99. The molecule has 0 heterocycles. The highest BCUT2D eigenvalue weighted by molar-refractivity contribution is 5.74. The molecule has 1 unspecified atom stereocenters. The lowest BCUT2D eigenvalue weighted by atomic mass is 10.1. The number of rotatable bonds is 8. The monoisotopic (exact) mass is 242 g/mol. The fraction of sp³-hybridized carbons (Fsp3) is 0.667. The van der Waals surface area contributed by atoms with Gasteiger partial charge < -0.3 is 15.3 Å². The summed E-state index contributed by atoms with van der Waals surface area (Å²) in [4.78, 5) is 23.7. The van der Waals surface area contributed by atoms with Crippen molar-refractivity contribution in [3.8, 4) is 0 Å². The van der Waals surface area contributed by atoms with E-state index in [2.05, 4.69) is 11.9 Å². The summed E-state index contributed by atoms with van der Waals surface area (Å²) in [5.41, 5.74) is 0. The Morgan fingerprint density at radius 2 is 2.18 bits per heavy atom. The van der Waals surface area contributed by atoms with Crippen molar-refractivity contribution in [1.29, 1.82) is 0 Å². The van der Waals surface area contributed by atoms with E-state index in [0.29, 0.717) is 19.5 Å². The first kappa shape index (κ1) is 15.5. The molecule has 17 heavy (non-hydrogen) atoms. The molecule has 0 aromatic rings. The largest absolute Gasteiger partial charge is 0.481 e. The zero-order valence-corrected chi connectivity index (χ0v) is 10.6. The minimum absolute atomic E-state index is 0.161. The third-order valence-electron chi connectivity index (χ3n) is 2.52. The van der Waals surface area contributed by atoms with Gasteiger partial charge in [-0.05, 0) is 19.3 Å². The molecule has 0 aliphatic heterocycles. The molecule has 2 N–H and O–H groups in total. The Morgan fingerprint density at radius 3 is 2.71 bits per heavy atom. The average Bonchev–Trinajstić information content (AvgIpc) is 2.28. The number of amides is 2. The van der Waals surface area contributed by atoms with E-state index in [0.717, 1.165) is 12.8 Å². The molecule has 0 fully saturated rings. The molecule has 0 aliphatic carbocycles. The number of urea groups is 1. The summed E-state index contributed by atoms with van der Waals surface area (Å²) in [6.45, 7) is 6.30. The summed E-state index contributed by atoms with van der Waals surface area (Å²) in [7, 11) is 1.72. The van der Waals surface area contributed by atoms with E-state index >= 15 is 0 Å². The molecule has 0 rings (SSSR count). The highest BCUT2D eigenvalue weighted by atomic mass is 16.4. The van der Waals surface area contributed by atoms with Crippen LogP contribution < -0.4 is 5.32 Å². The number of unbranched alkanes of at least 4 members (excludes halogenated alkanes) is 1. The second-order valence-electron chi connectivity index (χ2n) is 4.11. The predicted octanol–water partition coefficient (Wildman–Crippen LogP) is 1.70. The van der Waals surface area contributed by atoms with Gasteiger partial charge >= 0.3 is 12.0 Å². The zero-order valence-electron chi connectivity index (χ0n) is 10.6. The molecular weight excluding hydrogens is 220 g/mol. The quantitative estimate of drug-likeness (QED) is 0.503. The van der Waals surface area contributed by atoms with E-state index in [1.807, 2.05) is 6.08 Å². The molecule has 0 aliphatic rings. The Bertz CT molecular complexity index is 266. The SMILES string of the molecule is C=CCCCN(C)C(=O)NCCC(C)C(=O)O. The van der Waals surface area contributed by atoms with Gasteiger partial charge in [-0.1, -0.05) is 13.0 Å². The number of hydrogen-bond acceptors (Lipinski definition) is 2. The van der Waals surface area contributed by atoms with Crippen molar-refractivity contribution in [3.63, 3.8) is 0 Å². The minimum atomic E-state index is -0.835. The number of carboxylic acids is 1. The van der Waals surface area contributed by atoms with Crippen molar-refractivity contribution in [2.45, 2.75) is 26.2 Å². The van der Waals surface area contributed by atoms with Crippen LogP contribution in [-0.4, -0.2) is 42.1 Å². The third kappa shape index (κ3) is 7.38. The Hall–Kier alpha value is -1.52. The van der Waals surface area contributed by atoms with Crippen LogP contribution in [0.15, 0.2) is 12.7 Å². The van der Waals surface area contributed by atoms with Gasteiger partial charge in [0.15, 0.2) is 0 Å². The van der Waals surface area contributed by atoms with Crippen molar-refractivity contribution in [2.24, 2.45) is 5.92 Å². The summed E-state index contributed by atoms with van der Waals surface area (Å²) in [6.07, 6.45) is 4.04. The normalized spacial score (nSPS) is 11.6. The number of carbonyl (C=O) groups is 2. The third-order valence-corrected chi connectivity index (χ3v) is 2.52. The fourth-order valence-electron chi connectivity index (χ4n) is 1.23. The van der Waals surface area contributed by atoms with Gasteiger partial charge in [-0.2, -0.15) is 0 Å². The van der Waals surface area contributed by atoms with E-state index < -0.39 is 11.9 Å². The molecular formula is C12H22N2O3. The van der Waals surface area contributed by atoms with E-state index in [1.165, 1.54) is 0 Å². The van der Waals surface area contributed by atoms with Crippen LogP contribution in [0.25, 0.3) is 0 Å². The van der Waals surface area contributed by atoms with Crippen LogP contribution in [-0.2, 0) is 4.79 Å². The van der Waals surface area contributed by atoms with Gasteiger partial charge in [-0.3, -0.25) is 4.79 Å². The van der Waals surface area contributed by atoms with Crippen molar-refractivity contribution >= 4 is 12.0 Å². The van der Waals surface area contributed by atoms with E-state index in [4.69, 9.17) is 5.11 Å². The maximum Gasteiger partial charge on any atom is 0.317 e. The van der Waals surface area contributed by atoms with Crippen molar-refractivity contribution < 1.29 is 14.7 Å². The Balaban J connectivity index is 3.70. The Morgan fingerprint density at radius 1 is 1.53 bits per heavy atom. The molecule has 98 valence electrons. The van der Waals surface area contributed by atoms with Crippen LogP contribution in [0.1, 0.15) is 26.2 Å². The zero-order chi connectivity index (χ0) is 13.3. The van der Waals surface area contributed by atoms with Crippen LogP contribution in [0.4, 0.5) is 4.79 Å². The number of carboxylic acid groups (broad SMARTS) is 1. The van der Waals surface area contributed by atoms with Crippen molar-refractivity contribution in [1.82, 2.24) is 10.2 Å². The van der Waals surface area contributed by atoms with E-state index in [1.54, 1.807) is 18.9 Å². The summed E-state index contributed by atoms with van der Waals surface area (Å²) < 4.78 is 0. The maximum atomic E-state index is 11.5. The number of aliphatic carboxylic acids is 1. The van der Waals surface area contributed by atoms with Gasteiger partial charge in [0.1, 0.15) is 0 Å². The highest BCUT2D eigenvalue weighted by Gasteiger charge is 2.12. The van der Waals surface area contributed by atoms with Crippen LogP contribution in [0.3, 0.4) is 0 Å². The summed E-state index contributed by atoms with van der Waals surface area (Å²) in [6, 6.07) is -0.161. The Labute approximate surface area is 102 Å². The van der Waals surface area contributed by atoms with E-state index in [9.17, 15) is 9.59 Å². The predicted molar refractivity (Wildman–Crippen MR) is 66.9 cm³/mol. The van der Waals surface area contributed by atoms with Gasteiger partial charge in [-0.25, -0.2) is 4.79 Å². The lowest BCUT2D eigenvalue weighted by Crippen LogP contribution is -2.38. The lowest BCUT2D eigenvalue weighted by Gasteiger charge is -2.17. The standard InChI is InChI=1S/C12H22N2O3/c1-4-5-6-9-14(3)12(17)13-8-7-10(2)11(15)16/h4,10H,1,5-9H2,2-3H3,(H,13,17)(H,15,16). The van der Waals surface area contributed by atoms with Gasteiger partial charge in [0, 0.05) is 20.1 Å². The number of nitrogens with one attached hydrogen (secondary N) is 1. The van der Waals surface area contributed by atoms with Crippen molar-refractivity contribution in [3.05, 3.63) is 12.7 Å². The van der Waals surface area contributed by atoms with Crippen LogP contribution in [0.2, 0.25) is 0 Å². The van der Waals surface area contributed by atoms with Crippen LogP contribution >= 0.6 is 0 Å². The molecule has 0 bridgehead atoms. The number of carbonyl (C=O) groups excluding carboxylic acids is 1. The molecule has 5 nitrogen and oxygen atoms in total. The van der Waals surface area contributed by atoms with Crippen LogP contribution in [0, 0.1) is 5.92 Å². The molecule has 5 heteroatoms. The maximum absolute atomic E-state index is 11.5. The van der Waals surface area contributed by atoms with Gasteiger partial charge in [0.05, 0.1) is 5.92 Å². The summed E-state index contributed by atoms with van der Waals surface area (Å²) >= 11 is 0. The topological polar surface area (TPSA) is 69.6 Å². The Kier molecular flexibility index (Phi) is 7.84. The van der Waals surface area contributed by atoms with Crippen LogP contribution in [0.5, 0.6) is 0 Å². The van der Waals surface area contributed by atoms with Gasteiger partial charge in [0.25, 0.3) is 0 Å². The summed E-state index contributed by atoms with van der Waals surface area (Å²) in [5.74, 6) is -1.26. The second-order valence-corrected chi connectivity index (χ2v) is 4.11. The number of hydrogen-bond donors (Lipinski definition) is 2. The molecule has 0 saturated heterocycles. The minimum Gasteiger partial charge on any atom is -0.481 e. The first-order valence-corrected chi connectivity index (χ1v) is 5.81. The average molecular weight is 242 g/mol. The highest BCUT2D eigenvalue weighted by Crippen LogP contribution is 2.00. The molecule has 0 aromatic heterocycles. The smallest absolute Gasteiger partial charge is 0.317 e. The molecule has 0 aromatic carbocycles. The summed E-state index contributed by atoms with van der Waals surface area (Å²) in [5, 5.41) is 11.4. The van der Waals surface area contributed by atoms with Crippen molar-refractivity contribution in [2.75, 3.05) is 20.1 Å². The lowest BCUT2D eigenvalue weighted by molar-refractivity contribution is -0.141. The second kappa shape index (κ2) is 8.61. The van der Waals surface area contributed by atoms with Gasteiger partial charge in [-0.15, -0.1) is 6.58 Å². The van der Waals surface area contributed by atoms with Gasteiger partial charge in [0.2, 0.25) is 0 Å². The molecule has 0 radical (unpaired) electrons. The molecule has 0 saturated carbocycles. The number of nitrogens with zero attached hydrogens (tertiary/aromatic N) is 1. The molecule has 1 atom stereocenters. The number of allylic oxidation sites excluding steroid dienone is 1. The molecule has 2 amide bonds. The fourth-order valence-corrected chi connectivity index (χ4v) is 1.23. The first-order valence-electron chi connectivity index (χ1n) is 5.81.